The largest absolute Gasteiger partial charge is 0.347 e. The Morgan fingerprint density at radius 1 is 1.14 bits per heavy atom. The van der Waals surface area contributed by atoms with Gasteiger partial charge in [0.2, 0.25) is 0 Å². The lowest BCUT2D eigenvalue weighted by atomic mass is 9.92. The van der Waals surface area contributed by atoms with Crippen molar-refractivity contribution in [3.05, 3.63) is 58.9 Å². The zero-order valence-corrected chi connectivity index (χ0v) is 12.5. The number of nitrogens with zero attached hydrogens (tertiary/aromatic N) is 1. The van der Waals surface area contributed by atoms with Crippen LogP contribution in [0.15, 0.2) is 36.4 Å². The maximum Gasteiger partial charge on any atom is 0.172 e. The Morgan fingerprint density at radius 2 is 1.90 bits per heavy atom. The first-order valence-electron chi connectivity index (χ1n) is 7.75. The van der Waals surface area contributed by atoms with Gasteiger partial charge in [-0.15, -0.1) is 0 Å². The highest BCUT2D eigenvalue weighted by Crippen LogP contribution is 2.36. The van der Waals surface area contributed by atoms with Crippen LogP contribution in [0.1, 0.15) is 28.9 Å². The highest BCUT2D eigenvalue weighted by molar-refractivity contribution is 5.33. The van der Waals surface area contributed by atoms with Crippen LogP contribution in [0.5, 0.6) is 0 Å². The third kappa shape index (κ3) is 2.30. The number of hydrogen-bond donors (Lipinski definition) is 0. The van der Waals surface area contributed by atoms with Gasteiger partial charge in [-0.25, -0.2) is 0 Å². The molecule has 0 unspecified atom stereocenters. The number of fused-ring (bicyclic) bond motifs is 1. The Kier molecular flexibility index (Phi) is 3.12. The second kappa shape index (κ2) is 5.00. The van der Waals surface area contributed by atoms with Crippen LogP contribution in [-0.4, -0.2) is 23.6 Å². The number of aromatic nitrogens is 1. The van der Waals surface area contributed by atoms with E-state index in [4.69, 9.17) is 9.47 Å². The summed E-state index contributed by atoms with van der Waals surface area (Å²) < 4.78 is 14.2. The van der Waals surface area contributed by atoms with Gasteiger partial charge in [0.25, 0.3) is 0 Å². The maximum absolute atomic E-state index is 5.87. The van der Waals surface area contributed by atoms with Gasteiger partial charge in [-0.05, 0) is 30.5 Å². The first kappa shape index (κ1) is 13.1. The Morgan fingerprint density at radius 3 is 2.67 bits per heavy atom. The minimum absolute atomic E-state index is 0.335. The van der Waals surface area contributed by atoms with Crippen LogP contribution >= 0.6 is 0 Å². The maximum atomic E-state index is 5.87. The first-order valence-corrected chi connectivity index (χ1v) is 7.75. The van der Waals surface area contributed by atoms with Crippen molar-refractivity contribution >= 4 is 0 Å². The van der Waals surface area contributed by atoms with E-state index in [1.165, 1.54) is 22.5 Å². The molecule has 2 aromatic rings. The molecule has 110 valence electrons. The lowest BCUT2D eigenvalue weighted by Crippen LogP contribution is -2.37. The summed E-state index contributed by atoms with van der Waals surface area (Å²) in [7, 11) is 0. The van der Waals surface area contributed by atoms with Crippen molar-refractivity contribution in [2.24, 2.45) is 0 Å². The highest BCUT2D eigenvalue weighted by Gasteiger charge is 2.40. The molecule has 2 heterocycles. The third-order valence-corrected chi connectivity index (χ3v) is 4.70. The van der Waals surface area contributed by atoms with Crippen molar-refractivity contribution in [1.82, 2.24) is 4.57 Å². The third-order valence-electron chi connectivity index (χ3n) is 4.70. The fourth-order valence-electron chi connectivity index (χ4n) is 3.67. The normalized spacial score (nSPS) is 19.9. The van der Waals surface area contributed by atoms with E-state index in [-0.39, 0.29) is 5.79 Å². The number of hydrogen-bond acceptors (Lipinski definition) is 2. The van der Waals surface area contributed by atoms with Gasteiger partial charge in [-0.1, -0.05) is 30.3 Å². The molecule has 0 N–H and O–H groups in total. The Bertz CT molecular complexity index is 639. The molecule has 1 saturated heterocycles. The molecule has 1 aliphatic carbocycles. The van der Waals surface area contributed by atoms with E-state index in [9.17, 15) is 0 Å². The smallest absolute Gasteiger partial charge is 0.172 e. The SMILES string of the molecule is Cc1cc2c(n1Cc1ccccc1)CCC1(C2)OCCO1. The van der Waals surface area contributed by atoms with Crippen LogP contribution in [0.4, 0.5) is 0 Å². The molecule has 21 heavy (non-hydrogen) atoms. The number of ether oxygens (including phenoxy) is 2. The molecular weight excluding hydrogens is 262 g/mol. The van der Waals surface area contributed by atoms with Gasteiger partial charge >= 0.3 is 0 Å². The minimum Gasteiger partial charge on any atom is -0.347 e. The molecule has 1 aliphatic heterocycles. The fraction of sp³-hybridized carbons (Fsp3) is 0.444. The van der Waals surface area contributed by atoms with Gasteiger partial charge < -0.3 is 14.0 Å². The molecule has 4 rings (SSSR count). The second-order valence-corrected chi connectivity index (χ2v) is 6.11. The van der Waals surface area contributed by atoms with Crippen LogP contribution in [0.25, 0.3) is 0 Å². The molecule has 2 aliphatic rings. The summed E-state index contributed by atoms with van der Waals surface area (Å²) in [6.45, 7) is 4.62. The van der Waals surface area contributed by atoms with E-state index in [1.54, 1.807) is 0 Å². The van der Waals surface area contributed by atoms with Crippen LogP contribution in [0.2, 0.25) is 0 Å². The molecule has 3 heteroatoms. The predicted molar refractivity (Wildman–Crippen MR) is 81.4 cm³/mol. The topological polar surface area (TPSA) is 23.4 Å². The average molecular weight is 283 g/mol. The Labute approximate surface area is 125 Å². The first-order chi connectivity index (χ1) is 10.3. The van der Waals surface area contributed by atoms with Crippen molar-refractivity contribution in [3.63, 3.8) is 0 Å². The molecule has 0 bridgehead atoms. The minimum atomic E-state index is -0.335. The molecule has 1 spiro atoms. The van der Waals surface area contributed by atoms with Crippen molar-refractivity contribution in [3.8, 4) is 0 Å². The van der Waals surface area contributed by atoms with Gasteiger partial charge in [-0.2, -0.15) is 0 Å². The van der Waals surface area contributed by atoms with E-state index < -0.39 is 0 Å². The zero-order chi connectivity index (χ0) is 14.3. The van der Waals surface area contributed by atoms with Crippen molar-refractivity contribution < 1.29 is 9.47 Å². The molecule has 1 aromatic carbocycles. The molecule has 1 aromatic heterocycles. The van der Waals surface area contributed by atoms with Gasteiger partial charge in [-0.3, -0.25) is 0 Å². The van der Waals surface area contributed by atoms with Crippen molar-refractivity contribution in [2.75, 3.05) is 13.2 Å². The quantitative estimate of drug-likeness (QED) is 0.845. The standard InChI is InChI=1S/C18H21NO2/c1-14-11-16-12-18(20-9-10-21-18)8-7-17(16)19(14)13-15-5-3-2-4-6-15/h2-6,11H,7-10,12-13H2,1H3. The van der Waals surface area contributed by atoms with E-state index >= 15 is 0 Å². The summed E-state index contributed by atoms with van der Waals surface area (Å²) in [6, 6.07) is 13.0. The summed E-state index contributed by atoms with van der Waals surface area (Å²) in [4.78, 5) is 0. The van der Waals surface area contributed by atoms with Crippen LogP contribution in [0, 0.1) is 6.92 Å². The van der Waals surface area contributed by atoms with Gasteiger partial charge in [0.1, 0.15) is 0 Å². The van der Waals surface area contributed by atoms with Crippen LogP contribution in [0.3, 0.4) is 0 Å². The molecule has 0 saturated carbocycles. The van der Waals surface area contributed by atoms with Crippen molar-refractivity contribution in [1.29, 1.82) is 0 Å². The number of benzene rings is 1. The molecule has 1 fully saturated rings. The highest BCUT2D eigenvalue weighted by atomic mass is 16.7. The van der Waals surface area contributed by atoms with E-state index in [0.29, 0.717) is 0 Å². The van der Waals surface area contributed by atoms with Crippen molar-refractivity contribution in [2.45, 2.75) is 38.5 Å². The molecule has 0 atom stereocenters. The lowest BCUT2D eigenvalue weighted by molar-refractivity contribution is -0.164. The molecular formula is C18H21NO2. The average Bonchev–Trinajstić information content (AvgIpc) is 3.06. The number of aryl methyl sites for hydroxylation is 1. The zero-order valence-electron chi connectivity index (χ0n) is 12.5. The monoisotopic (exact) mass is 283 g/mol. The van der Waals surface area contributed by atoms with Gasteiger partial charge in [0.05, 0.1) is 13.2 Å². The fourth-order valence-corrected chi connectivity index (χ4v) is 3.67. The summed E-state index contributed by atoms with van der Waals surface area (Å²) >= 11 is 0. The van der Waals surface area contributed by atoms with E-state index in [0.717, 1.165) is 39.0 Å². The Hall–Kier alpha value is -1.58. The van der Waals surface area contributed by atoms with Crippen LogP contribution < -0.4 is 0 Å². The van der Waals surface area contributed by atoms with E-state index in [1.807, 2.05) is 0 Å². The van der Waals surface area contributed by atoms with Crippen LogP contribution in [-0.2, 0) is 28.9 Å². The Balaban J connectivity index is 1.64. The number of rotatable bonds is 2. The summed E-state index contributed by atoms with van der Waals surface area (Å²) in [6.07, 6.45) is 2.90. The summed E-state index contributed by atoms with van der Waals surface area (Å²) in [5.74, 6) is -0.335. The summed E-state index contributed by atoms with van der Waals surface area (Å²) in [5, 5.41) is 0. The second-order valence-electron chi connectivity index (χ2n) is 6.11. The van der Waals surface area contributed by atoms with E-state index in [2.05, 4.69) is 47.9 Å². The lowest BCUT2D eigenvalue weighted by Gasteiger charge is -2.32. The molecule has 0 radical (unpaired) electrons. The molecule has 3 nitrogen and oxygen atoms in total. The van der Waals surface area contributed by atoms with Gasteiger partial charge in [0.15, 0.2) is 5.79 Å². The van der Waals surface area contributed by atoms with Gasteiger partial charge in [0, 0.05) is 30.8 Å². The molecule has 0 amide bonds. The predicted octanol–water partition coefficient (Wildman–Crippen LogP) is 3.08. The summed E-state index contributed by atoms with van der Waals surface area (Å²) in [5.41, 5.74) is 5.55.